The van der Waals surface area contributed by atoms with Gasteiger partial charge in [0.25, 0.3) is 0 Å². The first-order valence-electron chi connectivity index (χ1n) is 12.8. The van der Waals surface area contributed by atoms with Crippen molar-refractivity contribution in [2.24, 2.45) is 0 Å². The van der Waals surface area contributed by atoms with Gasteiger partial charge >= 0.3 is 5.97 Å². The Morgan fingerprint density at radius 3 is 2.63 bits per heavy atom. The number of nitrogens with one attached hydrogen (secondary N) is 1. The van der Waals surface area contributed by atoms with Crippen molar-refractivity contribution in [3.05, 3.63) is 63.8 Å². The monoisotopic (exact) mass is 554 g/mol. The molecular formula is C28H34N4O4S2. The maximum atomic E-state index is 13.0. The van der Waals surface area contributed by atoms with Gasteiger partial charge in [0, 0.05) is 11.4 Å². The van der Waals surface area contributed by atoms with Gasteiger partial charge < -0.3 is 14.8 Å². The summed E-state index contributed by atoms with van der Waals surface area (Å²) in [5, 5.41) is 12.7. The molecule has 1 amide bonds. The summed E-state index contributed by atoms with van der Waals surface area (Å²) in [6.07, 6.45) is 5.40. The molecule has 8 nitrogen and oxygen atoms in total. The number of hydrogen-bond donors (Lipinski definition) is 1. The Kier molecular flexibility index (Phi) is 9.27. The van der Waals surface area contributed by atoms with Crippen molar-refractivity contribution in [2.45, 2.75) is 77.8 Å². The van der Waals surface area contributed by atoms with Crippen molar-refractivity contribution < 1.29 is 19.1 Å². The normalized spacial score (nSPS) is 12.8. The number of thioether (sulfide) groups is 1. The van der Waals surface area contributed by atoms with Crippen LogP contribution in [0.15, 0.2) is 36.0 Å². The molecule has 10 heteroatoms. The summed E-state index contributed by atoms with van der Waals surface area (Å²) in [6, 6.07) is 6.05. The van der Waals surface area contributed by atoms with Crippen molar-refractivity contribution in [2.75, 3.05) is 11.1 Å². The summed E-state index contributed by atoms with van der Waals surface area (Å²) in [4.78, 5) is 27.0. The zero-order chi connectivity index (χ0) is 27.2. The van der Waals surface area contributed by atoms with Gasteiger partial charge in [0.05, 0.1) is 17.4 Å². The molecule has 2 heterocycles. The molecule has 0 radical (unpaired) electrons. The number of esters is 1. The molecule has 1 N–H and O–H groups in total. The van der Waals surface area contributed by atoms with Gasteiger partial charge in [-0.2, -0.15) is 0 Å². The third-order valence-corrected chi connectivity index (χ3v) is 8.15. The largest absolute Gasteiger partial charge is 0.486 e. The number of carbonyl (C=O) groups is 2. The van der Waals surface area contributed by atoms with Gasteiger partial charge in [-0.05, 0) is 82.2 Å². The van der Waals surface area contributed by atoms with E-state index in [1.165, 1.54) is 23.1 Å². The van der Waals surface area contributed by atoms with Crippen molar-refractivity contribution in [1.29, 1.82) is 0 Å². The molecule has 0 atom stereocenters. The molecule has 0 aliphatic heterocycles. The molecule has 0 saturated carbocycles. The van der Waals surface area contributed by atoms with Gasteiger partial charge in [-0.1, -0.05) is 23.9 Å². The van der Waals surface area contributed by atoms with Crippen LogP contribution in [0.2, 0.25) is 0 Å². The van der Waals surface area contributed by atoms with E-state index in [2.05, 4.69) is 28.2 Å². The number of thiophene rings is 1. The maximum Gasteiger partial charge on any atom is 0.341 e. The van der Waals surface area contributed by atoms with E-state index in [0.717, 1.165) is 53.0 Å². The number of anilines is 1. The molecule has 2 aromatic heterocycles. The molecule has 0 spiro atoms. The van der Waals surface area contributed by atoms with E-state index in [1.54, 1.807) is 6.08 Å². The highest BCUT2D eigenvalue weighted by Gasteiger charge is 2.28. The Labute approximate surface area is 231 Å². The number of aromatic nitrogens is 3. The predicted molar refractivity (Wildman–Crippen MR) is 151 cm³/mol. The smallest absolute Gasteiger partial charge is 0.341 e. The fourth-order valence-corrected chi connectivity index (χ4v) is 6.51. The molecule has 0 unspecified atom stereocenters. The summed E-state index contributed by atoms with van der Waals surface area (Å²) < 4.78 is 13.4. The van der Waals surface area contributed by atoms with E-state index in [1.807, 2.05) is 44.4 Å². The Hall–Kier alpha value is -3.11. The third kappa shape index (κ3) is 6.85. The second-order valence-electron chi connectivity index (χ2n) is 9.62. The van der Waals surface area contributed by atoms with Crippen LogP contribution in [0, 0.1) is 13.8 Å². The molecule has 202 valence electrons. The minimum atomic E-state index is -0.374. The topological polar surface area (TPSA) is 95.3 Å². The number of rotatable bonds is 11. The molecule has 0 bridgehead atoms. The first-order valence-corrected chi connectivity index (χ1v) is 14.6. The van der Waals surface area contributed by atoms with Gasteiger partial charge in [-0.15, -0.1) is 28.1 Å². The molecular weight excluding hydrogens is 520 g/mol. The lowest BCUT2D eigenvalue weighted by Crippen LogP contribution is -2.19. The van der Waals surface area contributed by atoms with Gasteiger partial charge in [0.1, 0.15) is 17.4 Å². The number of allylic oxidation sites excluding steroid dienone is 1. The molecule has 1 aliphatic carbocycles. The predicted octanol–water partition coefficient (Wildman–Crippen LogP) is 5.90. The first kappa shape index (κ1) is 27.9. The van der Waals surface area contributed by atoms with E-state index in [9.17, 15) is 9.59 Å². The van der Waals surface area contributed by atoms with Crippen LogP contribution in [-0.4, -0.2) is 38.5 Å². The number of aryl methyl sites for hydroxylation is 3. The summed E-state index contributed by atoms with van der Waals surface area (Å²) in [7, 11) is 0. The van der Waals surface area contributed by atoms with Crippen LogP contribution < -0.4 is 10.1 Å². The van der Waals surface area contributed by atoms with Crippen LogP contribution in [0.3, 0.4) is 0 Å². The van der Waals surface area contributed by atoms with E-state index in [4.69, 9.17) is 9.47 Å². The Morgan fingerprint density at radius 2 is 1.92 bits per heavy atom. The number of benzene rings is 1. The number of ether oxygens (including phenoxy) is 2. The Bertz CT molecular complexity index is 1310. The number of nitrogens with zero attached hydrogens (tertiary/aromatic N) is 3. The fourth-order valence-electron chi connectivity index (χ4n) is 4.44. The van der Waals surface area contributed by atoms with Gasteiger partial charge in [0.15, 0.2) is 11.0 Å². The lowest BCUT2D eigenvalue weighted by atomic mass is 9.95. The van der Waals surface area contributed by atoms with Crippen molar-refractivity contribution >= 4 is 40.0 Å². The fraction of sp³-hybridized carbons (Fsp3) is 0.429. The van der Waals surface area contributed by atoms with Crippen molar-refractivity contribution in [1.82, 2.24) is 14.8 Å². The first-order chi connectivity index (χ1) is 18.2. The van der Waals surface area contributed by atoms with Crippen LogP contribution in [0.25, 0.3) is 0 Å². The second-order valence-corrected chi connectivity index (χ2v) is 11.7. The summed E-state index contributed by atoms with van der Waals surface area (Å²) in [6.45, 7) is 12.3. The van der Waals surface area contributed by atoms with Crippen LogP contribution in [0.1, 0.15) is 64.4 Å². The van der Waals surface area contributed by atoms with E-state index >= 15 is 0 Å². The maximum absolute atomic E-state index is 13.0. The van der Waals surface area contributed by atoms with E-state index in [-0.39, 0.29) is 30.3 Å². The number of hydrogen-bond acceptors (Lipinski definition) is 8. The third-order valence-electron chi connectivity index (χ3n) is 5.97. The zero-order valence-corrected chi connectivity index (χ0v) is 24.0. The highest BCUT2D eigenvalue weighted by atomic mass is 32.2. The molecule has 3 aromatic rings. The lowest BCUT2D eigenvalue weighted by molar-refractivity contribution is -0.113. The second kappa shape index (κ2) is 12.6. The zero-order valence-electron chi connectivity index (χ0n) is 22.3. The summed E-state index contributed by atoms with van der Waals surface area (Å²) in [5.74, 6) is 0.954. The Morgan fingerprint density at radius 1 is 1.18 bits per heavy atom. The SMILES string of the molecule is C=CCn1c(COc2cc(C)cc(C)c2)nnc1SCC(=O)Nc1sc2c(c1C(=O)OC(C)C)CCCC2. The minimum absolute atomic E-state index is 0.119. The summed E-state index contributed by atoms with van der Waals surface area (Å²) in [5.41, 5.74) is 3.79. The van der Waals surface area contributed by atoms with Crippen LogP contribution >= 0.6 is 23.1 Å². The van der Waals surface area contributed by atoms with Crippen LogP contribution in [0.4, 0.5) is 5.00 Å². The molecule has 1 aromatic carbocycles. The summed E-state index contributed by atoms with van der Waals surface area (Å²) >= 11 is 2.77. The van der Waals surface area contributed by atoms with Crippen LogP contribution in [-0.2, 0) is 35.5 Å². The number of carbonyl (C=O) groups excluding carboxylic acids is 2. The van der Waals surface area contributed by atoms with Crippen LogP contribution in [0.5, 0.6) is 5.75 Å². The van der Waals surface area contributed by atoms with Crippen molar-refractivity contribution in [3.8, 4) is 5.75 Å². The highest BCUT2D eigenvalue weighted by Crippen LogP contribution is 2.39. The lowest BCUT2D eigenvalue weighted by Gasteiger charge is -2.14. The number of fused-ring (bicyclic) bond motifs is 1. The molecule has 0 saturated heterocycles. The average molecular weight is 555 g/mol. The van der Waals surface area contributed by atoms with Gasteiger partial charge in [-0.25, -0.2) is 4.79 Å². The quantitative estimate of drug-likeness (QED) is 0.179. The Balaban J connectivity index is 1.43. The molecule has 38 heavy (non-hydrogen) atoms. The van der Waals surface area contributed by atoms with Gasteiger partial charge in [-0.3, -0.25) is 9.36 Å². The standard InChI is InChI=1S/C28H34N4O4S2/c1-6-11-32-23(15-35-20-13-18(4)12-19(5)14-20)30-31-28(32)37-16-24(33)29-26-25(27(34)36-17(2)3)21-9-7-8-10-22(21)38-26/h6,12-14,17H,1,7-11,15-16H2,2-5H3,(H,29,33). The molecule has 4 rings (SSSR count). The van der Waals surface area contributed by atoms with E-state index in [0.29, 0.717) is 28.1 Å². The minimum Gasteiger partial charge on any atom is -0.486 e. The molecule has 1 aliphatic rings. The number of amides is 1. The van der Waals surface area contributed by atoms with E-state index < -0.39 is 0 Å². The highest BCUT2D eigenvalue weighted by molar-refractivity contribution is 7.99. The molecule has 0 fully saturated rings. The van der Waals surface area contributed by atoms with Gasteiger partial charge in [0.2, 0.25) is 5.91 Å². The average Bonchev–Trinajstić information content (AvgIpc) is 3.41. The van der Waals surface area contributed by atoms with Crippen molar-refractivity contribution in [3.63, 3.8) is 0 Å².